The lowest BCUT2D eigenvalue weighted by atomic mass is 10.2. The summed E-state index contributed by atoms with van der Waals surface area (Å²) in [5, 5.41) is 10.2. The SMILES string of the molecule is COc1cccc(N2CCN(C[C@@H](O)COc3ccc(C(F)(F)F)cc3)CC2)c1. The highest BCUT2D eigenvalue weighted by molar-refractivity contribution is 5.51. The number of anilines is 1. The molecule has 1 saturated heterocycles. The van der Waals surface area contributed by atoms with Crippen molar-refractivity contribution >= 4 is 5.69 Å². The summed E-state index contributed by atoms with van der Waals surface area (Å²) in [4.78, 5) is 4.42. The van der Waals surface area contributed by atoms with E-state index in [2.05, 4.69) is 9.80 Å². The lowest BCUT2D eigenvalue weighted by Gasteiger charge is -2.37. The fourth-order valence-corrected chi connectivity index (χ4v) is 3.28. The van der Waals surface area contributed by atoms with Gasteiger partial charge in [0, 0.05) is 44.5 Å². The number of aliphatic hydroxyl groups is 1. The number of methoxy groups -OCH3 is 1. The maximum Gasteiger partial charge on any atom is 0.416 e. The summed E-state index contributed by atoms with van der Waals surface area (Å²) < 4.78 is 48.4. The molecule has 1 atom stereocenters. The first-order valence-corrected chi connectivity index (χ1v) is 9.44. The largest absolute Gasteiger partial charge is 0.497 e. The third kappa shape index (κ3) is 6.01. The molecule has 0 saturated carbocycles. The van der Waals surface area contributed by atoms with Crippen LogP contribution in [0.1, 0.15) is 5.56 Å². The molecular weight excluding hydrogens is 385 g/mol. The van der Waals surface area contributed by atoms with E-state index in [4.69, 9.17) is 9.47 Å². The van der Waals surface area contributed by atoms with Crippen molar-refractivity contribution in [2.24, 2.45) is 0 Å². The van der Waals surface area contributed by atoms with Gasteiger partial charge in [-0.15, -0.1) is 0 Å². The van der Waals surface area contributed by atoms with Crippen LogP contribution < -0.4 is 14.4 Å². The zero-order valence-corrected chi connectivity index (χ0v) is 16.2. The van der Waals surface area contributed by atoms with Crippen LogP contribution in [0, 0.1) is 0 Å². The minimum atomic E-state index is -4.37. The third-order valence-electron chi connectivity index (χ3n) is 4.88. The number of hydrogen-bond acceptors (Lipinski definition) is 5. The molecular formula is C21H25F3N2O3. The lowest BCUT2D eigenvalue weighted by molar-refractivity contribution is -0.137. The maximum atomic E-state index is 12.6. The summed E-state index contributed by atoms with van der Waals surface area (Å²) in [5.41, 5.74) is 0.384. The molecule has 1 heterocycles. The molecule has 0 bridgehead atoms. The molecule has 1 N–H and O–H groups in total. The second-order valence-corrected chi connectivity index (χ2v) is 6.98. The van der Waals surface area contributed by atoms with Crippen LogP contribution in [0.5, 0.6) is 11.5 Å². The van der Waals surface area contributed by atoms with E-state index in [0.29, 0.717) is 12.3 Å². The number of benzene rings is 2. The van der Waals surface area contributed by atoms with Crippen molar-refractivity contribution < 1.29 is 27.8 Å². The molecule has 158 valence electrons. The minimum Gasteiger partial charge on any atom is -0.497 e. The molecule has 0 aliphatic carbocycles. The van der Waals surface area contributed by atoms with Crippen molar-refractivity contribution in [3.05, 3.63) is 54.1 Å². The lowest BCUT2D eigenvalue weighted by Crippen LogP contribution is -2.49. The van der Waals surface area contributed by atoms with Gasteiger partial charge in [-0.05, 0) is 36.4 Å². The minimum absolute atomic E-state index is 0.0292. The first-order valence-electron chi connectivity index (χ1n) is 9.44. The van der Waals surface area contributed by atoms with Crippen LogP contribution in [0.15, 0.2) is 48.5 Å². The Morgan fingerprint density at radius 1 is 1.00 bits per heavy atom. The number of ether oxygens (including phenoxy) is 2. The molecule has 2 aromatic carbocycles. The number of β-amino-alcohol motifs (C(OH)–C–C–N with tert-alkyl or cyclic N) is 1. The first kappa shape index (κ1) is 21.3. The van der Waals surface area contributed by atoms with Crippen molar-refractivity contribution in [3.63, 3.8) is 0 Å². The highest BCUT2D eigenvalue weighted by atomic mass is 19.4. The predicted molar refractivity (Wildman–Crippen MR) is 105 cm³/mol. The molecule has 29 heavy (non-hydrogen) atoms. The average Bonchev–Trinajstić information content (AvgIpc) is 2.72. The van der Waals surface area contributed by atoms with Gasteiger partial charge in [-0.25, -0.2) is 0 Å². The van der Waals surface area contributed by atoms with Gasteiger partial charge >= 0.3 is 6.18 Å². The van der Waals surface area contributed by atoms with Crippen LogP contribution in [0.4, 0.5) is 18.9 Å². The van der Waals surface area contributed by atoms with Gasteiger partial charge in [-0.2, -0.15) is 13.2 Å². The number of nitrogens with zero attached hydrogens (tertiary/aromatic N) is 2. The Bertz CT molecular complexity index is 775. The normalized spacial score (nSPS) is 16.5. The Hall–Kier alpha value is -2.45. The number of hydrogen-bond donors (Lipinski definition) is 1. The number of piperazine rings is 1. The molecule has 1 aliphatic rings. The molecule has 3 rings (SSSR count). The second-order valence-electron chi connectivity index (χ2n) is 6.98. The Balaban J connectivity index is 1.42. The van der Waals surface area contributed by atoms with Gasteiger partial charge in [-0.3, -0.25) is 4.90 Å². The predicted octanol–water partition coefficient (Wildman–Crippen LogP) is 3.28. The first-order chi connectivity index (χ1) is 13.8. The Morgan fingerprint density at radius 2 is 1.69 bits per heavy atom. The van der Waals surface area contributed by atoms with Gasteiger partial charge < -0.3 is 19.5 Å². The average molecular weight is 410 g/mol. The Morgan fingerprint density at radius 3 is 2.31 bits per heavy atom. The second kappa shape index (κ2) is 9.37. The summed E-state index contributed by atoms with van der Waals surface area (Å²) in [6, 6.07) is 12.4. The third-order valence-corrected chi connectivity index (χ3v) is 4.88. The van der Waals surface area contributed by atoms with Crippen molar-refractivity contribution in [1.29, 1.82) is 0 Å². The van der Waals surface area contributed by atoms with E-state index < -0.39 is 17.8 Å². The molecule has 0 amide bonds. The summed E-state index contributed by atoms with van der Waals surface area (Å²) in [5.74, 6) is 1.13. The summed E-state index contributed by atoms with van der Waals surface area (Å²) in [6.07, 6.45) is -5.09. The fraction of sp³-hybridized carbons (Fsp3) is 0.429. The molecule has 8 heteroatoms. The van der Waals surface area contributed by atoms with Gasteiger partial charge in [0.15, 0.2) is 0 Å². The topological polar surface area (TPSA) is 45.2 Å². The zero-order chi connectivity index (χ0) is 20.9. The van der Waals surface area contributed by atoms with Crippen LogP contribution in [0.3, 0.4) is 0 Å². The van der Waals surface area contributed by atoms with Crippen LogP contribution in [0.25, 0.3) is 0 Å². The molecule has 5 nitrogen and oxygen atoms in total. The van der Waals surface area contributed by atoms with E-state index in [1.807, 2.05) is 24.3 Å². The maximum absolute atomic E-state index is 12.6. The smallest absolute Gasteiger partial charge is 0.416 e. The highest BCUT2D eigenvalue weighted by Gasteiger charge is 2.30. The molecule has 0 spiro atoms. The van der Waals surface area contributed by atoms with Gasteiger partial charge in [-0.1, -0.05) is 6.07 Å². The van der Waals surface area contributed by atoms with Crippen LogP contribution in [-0.2, 0) is 6.18 Å². The Kier molecular flexibility index (Phi) is 6.87. The molecule has 2 aromatic rings. The van der Waals surface area contributed by atoms with Gasteiger partial charge in [0.05, 0.1) is 12.7 Å². The van der Waals surface area contributed by atoms with Gasteiger partial charge in [0.25, 0.3) is 0 Å². The summed E-state index contributed by atoms with van der Waals surface area (Å²) in [7, 11) is 1.64. The van der Waals surface area contributed by atoms with E-state index in [0.717, 1.165) is 49.7 Å². The van der Waals surface area contributed by atoms with Crippen LogP contribution >= 0.6 is 0 Å². The number of alkyl halides is 3. The number of rotatable bonds is 7. The van der Waals surface area contributed by atoms with E-state index in [9.17, 15) is 18.3 Å². The van der Waals surface area contributed by atoms with E-state index >= 15 is 0 Å². The standard InChI is InChI=1S/C21H25F3N2O3/c1-28-20-4-2-3-17(13-20)26-11-9-25(10-12-26)14-18(27)15-29-19-7-5-16(6-8-19)21(22,23)24/h2-8,13,18,27H,9-12,14-15H2,1H3/t18-/m1/s1. The van der Waals surface area contributed by atoms with Gasteiger partial charge in [0.1, 0.15) is 24.2 Å². The van der Waals surface area contributed by atoms with E-state index in [1.165, 1.54) is 12.1 Å². The van der Waals surface area contributed by atoms with Crippen LogP contribution in [-0.4, -0.2) is 62.6 Å². The van der Waals surface area contributed by atoms with E-state index in [1.54, 1.807) is 7.11 Å². The fourth-order valence-electron chi connectivity index (χ4n) is 3.28. The zero-order valence-electron chi connectivity index (χ0n) is 16.2. The molecule has 0 aromatic heterocycles. The monoisotopic (exact) mass is 410 g/mol. The highest BCUT2D eigenvalue weighted by Crippen LogP contribution is 2.30. The summed E-state index contributed by atoms with van der Waals surface area (Å²) >= 11 is 0. The quantitative estimate of drug-likeness (QED) is 0.759. The number of aliphatic hydroxyl groups excluding tert-OH is 1. The van der Waals surface area contributed by atoms with Crippen molar-refractivity contribution in [2.45, 2.75) is 12.3 Å². The summed E-state index contributed by atoms with van der Waals surface area (Å²) in [6.45, 7) is 3.75. The van der Waals surface area contributed by atoms with Crippen molar-refractivity contribution in [1.82, 2.24) is 4.90 Å². The molecule has 1 aliphatic heterocycles. The van der Waals surface area contributed by atoms with Crippen molar-refractivity contribution in [3.8, 4) is 11.5 Å². The Labute approximate surface area is 168 Å². The molecule has 0 radical (unpaired) electrons. The molecule has 0 unspecified atom stereocenters. The van der Waals surface area contributed by atoms with Gasteiger partial charge in [0.2, 0.25) is 0 Å². The van der Waals surface area contributed by atoms with Crippen LogP contribution in [0.2, 0.25) is 0 Å². The van der Waals surface area contributed by atoms with E-state index in [-0.39, 0.29) is 6.61 Å². The molecule has 1 fully saturated rings. The van der Waals surface area contributed by atoms with Crippen molar-refractivity contribution in [2.75, 3.05) is 51.3 Å². The number of halogens is 3.